The minimum Gasteiger partial charge on any atom is -0.324 e. The highest BCUT2D eigenvalue weighted by atomic mass is 35.5. The summed E-state index contributed by atoms with van der Waals surface area (Å²) in [5, 5.41) is 6.50. The molecule has 2 aromatic carbocycles. The van der Waals surface area contributed by atoms with Crippen LogP contribution < -0.4 is 10.6 Å². The van der Waals surface area contributed by atoms with Crippen LogP contribution >= 0.6 is 11.6 Å². The van der Waals surface area contributed by atoms with Gasteiger partial charge in [0.2, 0.25) is 5.95 Å². The molecule has 1 aromatic heterocycles. The van der Waals surface area contributed by atoms with Crippen molar-refractivity contribution in [2.45, 2.75) is 26.7 Å². The second-order valence-electron chi connectivity index (χ2n) is 6.52. The third-order valence-electron chi connectivity index (χ3n) is 4.04. The number of halogens is 1. The standard InChI is InChI=1S/C21H21ClN4O/c1-13(2)15-8-4-6-10-17(15)25-21-23-14(3)12-19(26-21)20(27)24-18-11-7-5-9-16(18)22/h4-13H,1-3H3,(H,24,27)(H,23,25,26). The fourth-order valence-electron chi connectivity index (χ4n) is 2.72. The van der Waals surface area contributed by atoms with Crippen molar-refractivity contribution in [3.63, 3.8) is 0 Å². The van der Waals surface area contributed by atoms with Gasteiger partial charge in [0, 0.05) is 11.4 Å². The van der Waals surface area contributed by atoms with E-state index in [4.69, 9.17) is 11.6 Å². The van der Waals surface area contributed by atoms with E-state index in [2.05, 4.69) is 40.5 Å². The van der Waals surface area contributed by atoms with Crippen LogP contribution in [0.2, 0.25) is 5.02 Å². The SMILES string of the molecule is Cc1cc(C(=O)Nc2ccccc2Cl)nc(Nc2ccccc2C(C)C)n1. The summed E-state index contributed by atoms with van der Waals surface area (Å²) < 4.78 is 0. The van der Waals surface area contributed by atoms with Gasteiger partial charge in [0.15, 0.2) is 0 Å². The lowest BCUT2D eigenvalue weighted by Crippen LogP contribution is -2.16. The smallest absolute Gasteiger partial charge is 0.274 e. The second kappa shape index (κ2) is 8.18. The van der Waals surface area contributed by atoms with Crippen molar-refractivity contribution >= 4 is 34.8 Å². The number of para-hydroxylation sites is 2. The topological polar surface area (TPSA) is 66.9 Å². The third-order valence-corrected chi connectivity index (χ3v) is 4.37. The first-order valence-electron chi connectivity index (χ1n) is 8.71. The Kier molecular flexibility index (Phi) is 5.72. The van der Waals surface area contributed by atoms with Gasteiger partial charge in [-0.2, -0.15) is 0 Å². The molecule has 1 amide bonds. The number of hydrogen-bond donors (Lipinski definition) is 2. The number of aromatic nitrogens is 2. The van der Waals surface area contributed by atoms with Gasteiger partial charge in [-0.1, -0.05) is 55.8 Å². The van der Waals surface area contributed by atoms with Gasteiger partial charge in [0.1, 0.15) is 5.69 Å². The van der Waals surface area contributed by atoms with Crippen LogP contribution in [-0.2, 0) is 0 Å². The largest absolute Gasteiger partial charge is 0.324 e. The number of benzene rings is 2. The van der Waals surface area contributed by atoms with E-state index in [1.165, 1.54) is 0 Å². The maximum absolute atomic E-state index is 12.6. The fraction of sp³-hybridized carbons (Fsp3) is 0.190. The molecule has 2 N–H and O–H groups in total. The molecule has 3 aromatic rings. The van der Waals surface area contributed by atoms with Gasteiger partial charge in [0.25, 0.3) is 5.91 Å². The Hall–Kier alpha value is -2.92. The van der Waals surface area contributed by atoms with Crippen LogP contribution in [0.25, 0.3) is 0 Å². The Labute approximate surface area is 163 Å². The summed E-state index contributed by atoms with van der Waals surface area (Å²) in [5.74, 6) is 0.391. The van der Waals surface area contributed by atoms with Gasteiger partial charge in [-0.05, 0) is 42.7 Å². The molecule has 0 saturated carbocycles. The quantitative estimate of drug-likeness (QED) is 0.608. The number of nitrogens with zero attached hydrogens (tertiary/aromatic N) is 2. The maximum Gasteiger partial charge on any atom is 0.274 e. The molecule has 6 heteroatoms. The molecule has 0 atom stereocenters. The first-order chi connectivity index (χ1) is 12.9. The van der Waals surface area contributed by atoms with Crippen LogP contribution in [0.3, 0.4) is 0 Å². The molecule has 0 fully saturated rings. The first kappa shape index (κ1) is 18.9. The van der Waals surface area contributed by atoms with Gasteiger partial charge in [-0.25, -0.2) is 9.97 Å². The van der Waals surface area contributed by atoms with Gasteiger partial charge in [-0.3, -0.25) is 4.79 Å². The number of aryl methyl sites for hydroxylation is 1. The number of rotatable bonds is 5. The number of carbonyl (C=O) groups excluding carboxylic acids is 1. The predicted molar refractivity (Wildman–Crippen MR) is 110 cm³/mol. The monoisotopic (exact) mass is 380 g/mol. The lowest BCUT2D eigenvalue weighted by atomic mass is 10.0. The van der Waals surface area contributed by atoms with Crippen molar-refractivity contribution in [1.82, 2.24) is 9.97 Å². The van der Waals surface area contributed by atoms with Crippen LogP contribution in [0.1, 0.15) is 41.5 Å². The number of carbonyl (C=O) groups is 1. The molecule has 3 rings (SSSR count). The summed E-state index contributed by atoms with van der Waals surface area (Å²) in [6.45, 7) is 6.08. The van der Waals surface area contributed by atoms with Gasteiger partial charge in [-0.15, -0.1) is 0 Å². The van der Waals surface area contributed by atoms with Crippen molar-refractivity contribution in [3.05, 3.63) is 76.6 Å². The molecule has 0 aliphatic rings. The van der Waals surface area contributed by atoms with E-state index >= 15 is 0 Å². The van der Waals surface area contributed by atoms with Gasteiger partial charge >= 0.3 is 0 Å². The van der Waals surface area contributed by atoms with Crippen LogP contribution in [0, 0.1) is 6.92 Å². The minimum absolute atomic E-state index is 0.270. The summed E-state index contributed by atoms with van der Waals surface area (Å²) >= 11 is 6.11. The Bertz CT molecular complexity index is 972. The van der Waals surface area contributed by atoms with Crippen molar-refractivity contribution in [3.8, 4) is 0 Å². The van der Waals surface area contributed by atoms with Crippen molar-refractivity contribution in [2.24, 2.45) is 0 Å². The zero-order valence-electron chi connectivity index (χ0n) is 15.5. The van der Waals surface area contributed by atoms with E-state index in [0.717, 1.165) is 11.3 Å². The predicted octanol–water partition coefficient (Wildman–Crippen LogP) is 5.56. The first-order valence-corrected chi connectivity index (χ1v) is 9.09. The maximum atomic E-state index is 12.6. The number of nitrogens with one attached hydrogen (secondary N) is 2. The van der Waals surface area contributed by atoms with Crippen molar-refractivity contribution < 1.29 is 4.79 Å². The van der Waals surface area contributed by atoms with Crippen molar-refractivity contribution in [1.29, 1.82) is 0 Å². The highest BCUT2D eigenvalue weighted by Crippen LogP contribution is 2.26. The lowest BCUT2D eigenvalue weighted by molar-refractivity contribution is 0.102. The molecule has 0 aliphatic heterocycles. The normalized spacial score (nSPS) is 10.7. The molecular formula is C21H21ClN4O. The molecule has 0 unspecified atom stereocenters. The van der Waals surface area contributed by atoms with Crippen molar-refractivity contribution in [2.75, 3.05) is 10.6 Å². The summed E-state index contributed by atoms with van der Waals surface area (Å²) in [6, 6.07) is 16.7. The average Bonchev–Trinajstić information content (AvgIpc) is 2.63. The lowest BCUT2D eigenvalue weighted by Gasteiger charge is -2.14. The molecule has 5 nitrogen and oxygen atoms in total. The zero-order chi connectivity index (χ0) is 19.4. The van der Waals surface area contributed by atoms with Crippen LogP contribution in [0.4, 0.5) is 17.3 Å². The Morgan fingerprint density at radius 2 is 1.67 bits per heavy atom. The van der Waals surface area contributed by atoms with E-state index in [1.807, 2.05) is 31.2 Å². The summed E-state index contributed by atoms with van der Waals surface area (Å²) in [7, 11) is 0. The van der Waals surface area contributed by atoms with E-state index in [9.17, 15) is 4.79 Å². The molecule has 27 heavy (non-hydrogen) atoms. The second-order valence-corrected chi connectivity index (χ2v) is 6.93. The molecule has 138 valence electrons. The van der Waals surface area contributed by atoms with E-state index in [0.29, 0.717) is 28.3 Å². The highest BCUT2D eigenvalue weighted by molar-refractivity contribution is 6.33. The third kappa shape index (κ3) is 4.63. The van der Waals surface area contributed by atoms with E-state index < -0.39 is 0 Å². The zero-order valence-corrected chi connectivity index (χ0v) is 16.2. The van der Waals surface area contributed by atoms with Crippen LogP contribution in [-0.4, -0.2) is 15.9 Å². The molecule has 1 heterocycles. The Morgan fingerprint density at radius 1 is 1.00 bits per heavy atom. The van der Waals surface area contributed by atoms with Crippen LogP contribution in [0.5, 0.6) is 0 Å². The molecular weight excluding hydrogens is 360 g/mol. The number of anilines is 3. The summed E-state index contributed by atoms with van der Waals surface area (Å²) in [6.07, 6.45) is 0. The summed E-state index contributed by atoms with van der Waals surface area (Å²) in [4.78, 5) is 21.4. The molecule has 0 spiro atoms. The Morgan fingerprint density at radius 3 is 2.37 bits per heavy atom. The van der Waals surface area contributed by atoms with E-state index in [-0.39, 0.29) is 11.6 Å². The van der Waals surface area contributed by atoms with Gasteiger partial charge < -0.3 is 10.6 Å². The fourth-order valence-corrected chi connectivity index (χ4v) is 2.91. The minimum atomic E-state index is -0.339. The number of hydrogen-bond acceptors (Lipinski definition) is 4. The molecule has 0 bridgehead atoms. The summed E-state index contributed by atoms with van der Waals surface area (Å²) in [5.41, 5.74) is 3.59. The number of amides is 1. The average molecular weight is 381 g/mol. The Balaban J connectivity index is 1.87. The molecule has 0 saturated heterocycles. The molecule has 0 radical (unpaired) electrons. The molecule has 0 aliphatic carbocycles. The van der Waals surface area contributed by atoms with Crippen LogP contribution in [0.15, 0.2) is 54.6 Å². The highest BCUT2D eigenvalue weighted by Gasteiger charge is 2.14. The van der Waals surface area contributed by atoms with E-state index in [1.54, 1.807) is 24.3 Å². The van der Waals surface area contributed by atoms with Gasteiger partial charge in [0.05, 0.1) is 10.7 Å².